The smallest absolute Gasteiger partial charge is 0.331 e. The normalized spacial score (nSPS) is 11.5. The van der Waals surface area contributed by atoms with E-state index in [-0.39, 0.29) is 25.2 Å². The Bertz CT molecular complexity index is 672. The predicted molar refractivity (Wildman–Crippen MR) is 178 cm³/mol. The highest BCUT2D eigenvalue weighted by atomic mass is 16.6. The molecule has 0 heterocycles. The number of allylic oxidation sites excluding steroid dienone is 3. The van der Waals surface area contributed by atoms with E-state index in [1.807, 2.05) is 6.92 Å². The first-order chi connectivity index (χ1) is 21.0. The molecule has 0 aliphatic heterocycles. The van der Waals surface area contributed by atoms with Crippen molar-refractivity contribution in [2.75, 3.05) is 13.2 Å². The van der Waals surface area contributed by atoms with Crippen LogP contribution in [0.3, 0.4) is 0 Å². The van der Waals surface area contributed by atoms with E-state index in [4.69, 9.17) is 14.2 Å². The van der Waals surface area contributed by atoms with Crippen molar-refractivity contribution >= 4 is 17.9 Å². The lowest BCUT2D eigenvalue weighted by Crippen LogP contribution is -2.30. The van der Waals surface area contributed by atoms with E-state index < -0.39 is 12.1 Å². The number of hydrogen-bond acceptors (Lipinski definition) is 6. The van der Waals surface area contributed by atoms with Gasteiger partial charge in [0.25, 0.3) is 0 Å². The summed E-state index contributed by atoms with van der Waals surface area (Å²) in [6.45, 7) is 6.10. The minimum absolute atomic E-state index is 0.119. The van der Waals surface area contributed by atoms with Crippen molar-refractivity contribution in [3.8, 4) is 0 Å². The Labute approximate surface area is 264 Å². The second-order valence-corrected chi connectivity index (χ2v) is 11.9. The lowest BCUT2D eigenvalue weighted by molar-refractivity contribution is -0.163. The molecule has 0 atom stereocenters. The molecule has 6 heteroatoms. The molecule has 0 saturated heterocycles. The largest absolute Gasteiger partial charge is 0.462 e. The molecule has 250 valence electrons. The number of carbonyl (C=O) groups excluding carboxylic acids is 3. The van der Waals surface area contributed by atoms with Gasteiger partial charge in [0.1, 0.15) is 13.2 Å². The van der Waals surface area contributed by atoms with Gasteiger partial charge in [-0.15, -0.1) is 0 Å². The summed E-state index contributed by atoms with van der Waals surface area (Å²) in [5.74, 6) is -1.19. The summed E-state index contributed by atoms with van der Waals surface area (Å²) in [7, 11) is 0. The molecule has 0 aliphatic rings. The molecule has 0 radical (unpaired) electrons. The summed E-state index contributed by atoms with van der Waals surface area (Å²) in [6, 6.07) is 0. The van der Waals surface area contributed by atoms with Crippen molar-refractivity contribution in [3.05, 3.63) is 24.3 Å². The lowest BCUT2D eigenvalue weighted by atomic mass is 10.1. The molecular weight excluding hydrogens is 540 g/mol. The number of unbranched alkanes of at least 4 members (excludes halogenated alkanes) is 20. The summed E-state index contributed by atoms with van der Waals surface area (Å²) >= 11 is 0. The maximum absolute atomic E-state index is 12.3. The topological polar surface area (TPSA) is 78.9 Å². The highest BCUT2D eigenvalue weighted by Crippen LogP contribution is 2.14. The van der Waals surface area contributed by atoms with Gasteiger partial charge in [0.05, 0.1) is 0 Å². The zero-order valence-corrected chi connectivity index (χ0v) is 28.2. The third-order valence-corrected chi connectivity index (χ3v) is 7.65. The fraction of sp³-hybridized carbons (Fsp3) is 0.811. The van der Waals surface area contributed by atoms with E-state index in [0.717, 1.165) is 38.5 Å². The van der Waals surface area contributed by atoms with Crippen LogP contribution in [0.1, 0.15) is 175 Å². The fourth-order valence-electron chi connectivity index (χ4n) is 4.95. The molecule has 0 fully saturated rings. The average molecular weight is 607 g/mol. The van der Waals surface area contributed by atoms with Crippen molar-refractivity contribution in [2.45, 2.75) is 181 Å². The van der Waals surface area contributed by atoms with Crippen molar-refractivity contribution in [1.29, 1.82) is 0 Å². The highest BCUT2D eigenvalue weighted by molar-refractivity contribution is 5.82. The van der Waals surface area contributed by atoms with Gasteiger partial charge in [0.15, 0.2) is 6.10 Å². The van der Waals surface area contributed by atoms with Gasteiger partial charge in [-0.2, -0.15) is 0 Å². The highest BCUT2D eigenvalue weighted by Gasteiger charge is 2.18. The van der Waals surface area contributed by atoms with E-state index in [1.165, 1.54) is 109 Å². The number of hydrogen-bond donors (Lipinski definition) is 0. The van der Waals surface area contributed by atoms with E-state index in [1.54, 1.807) is 18.2 Å². The van der Waals surface area contributed by atoms with Gasteiger partial charge < -0.3 is 14.2 Å². The summed E-state index contributed by atoms with van der Waals surface area (Å²) < 4.78 is 16.2. The van der Waals surface area contributed by atoms with Crippen molar-refractivity contribution in [1.82, 2.24) is 0 Å². The number of rotatable bonds is 31. The van der Waals surface area contributed by atoms with E-state index in [0.29, 0.717) is 12.8 Å². The van der Waals surface area contributed by atoms with Gasteiger partial charge >= 0.3 is 17.9 Å². The molecule has 0 aromatic carbocycles. The van der Waals surface area contributed by atoms with Gasteiger partial charge in [-0.05, 0) is 19.8 Å². The number of ether oxygens (including phenoxy) is 3. The van der Waals surface area contributed by atoms with Crippen LogP contribution in [0.15, 0.2) is 24.3 Å². The molecule has 0 amide bonds. The predicted octanol–water partition coefficient (Wildman–Crippen LogP) is 10.5. The molecule has 0 aromatic heterocycles. The summed E-state index contributed by atoms with van der Waals surface area (Å²) in [5.41, 5.74) is 0. The molecular formula is C37H66O6. The van der Waals surface area contributed by atoms with Crippen LogP contribution in [0.4, 0.5) is 0 Å². The Kier molecular flexibility index (Phi) is 31.2. The van der Waals surface area contributed by atoms with Crippen LogP contribution >= 0.6 is 0 Å². The molecule has 43 heavy (non-hydrogen) atoms. The van der Waals surface area contributed by atoms with Crippen LogP contribution in [0, 0.1) is 0 Å². The molecule has 0 bridgehead atoms. The van der Waals surface area contributed by atoms with Crippen LogP contribution in [0.2, 0.25) is 0 Å². The van der Waals surface area contributed by atoms with Gasteiger partial charge in [-0.3, -0.25) is 9.59 Å². The SMILES string of the molecule is CC=CC=CC(=O)OC(COC(=O)CCCCCCCCCCCCC)COC(=O)CCCCCCCCCCCCC. The maximum atomic E-state index is 12.3. The molecule has 0 spiro atoms. The monoisotopic (exact) mass is 606 g/mol. The van der Waals surface area contributed by atoms with Gasteiger partial charge in [-0.1, -0.05) is 160 Å². The fourth-order valence-corrected chi connectivity index (χ4v) is 4.95. The first kappa shape index (κ1) is 40.9. The van der Waals surface area contributed by atoms with E-state index in [2.05, 4.69) is 13.8 Å². The zero-order valence-electron chi connectivity index (χ0n) is 28.2. The Balaban J connectivity index is 4.17. The average Bonchev–Trinajstić information content (AvgIpc) is 3.00. The van der Waals surface area contributed by atoms with Crippen LogP contribution < -0.4 is 0 Å². The molecule has 6 nitrogen and oxygen atoms in total. The zero-order chi connectivity index (χ0) is 31.6. The Morgan fingerprint density at radius 1 is 0.512 bits per heavy atom. The third kappa shape index (κ3) is 31.1. The molecule has 0 aromatic rings. The first-order valence-electron chi connectivity index (χ1n) is 17.8. The second kappa shape index (κ2) is 32.8. The van der Waals surface area contributed by atoms with Gasteiger partial charge in [0.2, 0.25) is 0 Å². The molecule has 0 aliphatic carbocycles. The van der Waals surface area contributed by atoms with Crippen molar-refractivity contribution in [3.63, 3.8) is 0 Å². The van der Waals surface area contributed by atoms with E-state index >= 15 is 0 Å². The molecule has 0 unspecified atom stereocenters. The standard InChI is InChI=1S/C37H66O6/c1-4-7-10-12-14-16-18-20-22-24-27-29-35(38)41-32-34(43-37(40)31-26-9-6-3)33-42-36(39)30-28-25-23-21-19-17-15-13-11-8-5-2/h6,9,26,31,34H,4-5,7-8,10-25,27-30,32-33H2,1-3H3. The summed E-state index contributed by atoms with van der Waals surface area (Å²) in [6.07, 6.45) is 33.0. The van der Waals surface area contributed by atoms with E-state index in [9.17, 15) is 14.4 Å². The quantitative estimate of drug-likeness (QED) is 0.0257. The first-order valence-corrected chi connectivity index (χ1v) is 17.8. The lowest BCUT2D eigenvalue weighted by Gasteiger charge is -2.17. The Hall–Kier alpha value is -2.11. The second-order valence-electron chi connectivity index (χ2n) is 11.9. The number of carbonyl (C=O) groups is 3. The molecule has 0 N–H and O–H groups in total. The van der Waals surface area contributed by atoms with Crippen LogP contribution in [-0.4, -0.2) is 37.2 Å². The third-order valence-electron chi connectivity index (χ3n) is 7.65. The Morgan fingerprint density at radius 3 is 1.21 bits per heavy atom. The van der Waals surface area contributed by atoms with Crippen molar-refractivity contribution < 1.29 is 28.6 Å². The summed E-state index contributed by atoms with van der Waals surface area (Å²) in [4.78, 5) is 36.7. The summed E-state index contributed by atoms with van der Waals surface area (Å²) in [5, 5.41) is 0. The van der Waals surface area contributed by atoms with Crippen molar-refractivity contribution in [2.24, 2.45) is 0 Å². The van der Waals surface area contributed by atoms with Crippen LogP contribution in [0.5, 0.6) is 0 Å². The number of esters is 3. The minimum Gasteiger partial charge on any atom is -0.462 e. The maximum Gasteiger partial charge on any atom is 0.331 e. The van der Waals surface area contributed by atoms with Gasteiger partial charge in [0, 0.05) is 18.9 Å². The van der Waals surface area contributed by atoms with Gasteiger partial charge in [-0.25, -0.2) is 4.79 Å². The molecule has 0 saturated carbocycles. The van der Waals surface area contributed by atoms with Crippen LogP contribution in [0.25, 0.3) is 0 Å². The molecule has 0 rings (SSSR count). The minimum atomic E-state index is -0.828. The van der Waals surface area contributed by atoms with Crippen LogP contribution in [-0.2, 0) is 28.6 Å². The Morgan fingerprint density at radius 2 is 0.860 bits per heavy atom.